The molecule has 1 aliphatic carbocycles. The molecule has 1 aromatic heterocycles. The van der Waals surface area contributed by atoms with Gasteiger partial charge in [0.25, 0.3) is 11.8 Å². The standard InChI is InChI=1S/C25H33N5O3/c1-4-13-30-23(32)21-20(22(31)26-14-18-11-9-17(2)10-12-18)27-16-29(21)15-25(30,3)24(33)28-19-7-5-6-8-19/h9-12,16,19H,4-8,13-15H2,1-3H3,(H,26,31)(H,28,33). The molecule has 176 valence electrons. The van der Waals surface area contributed by atoms with Crippen molar-refractivity contribution in [3.8, 4) is 0 Å². The van der Waals surface area contributed by atoms with E-state index >= 15 is 0 Å². The fourth-order valence-corrected chi connectivity index (χ4v) is 4.81. The summed E-state index contributed by atoms with van der Waals surface area (Å²) in [7, 11) is 0. The minimum absolute atomic E-state index is 0.103. The molecule has 0 bridgehead atoms. The molecule has 2 N–H and O–H groups in total. The van der Waals surface area contributed by atoms with Gasteiger partial charge >= 0.3 is 0 Å². The van der Waals surface area contributed by atoms with Crippen molar-refractivity contribution in [2.24, 2.45) is 0 Å². The maximum Gasteiger partial charge on any atom is 0.273 e. The predicted molar refractivity (Wildman–Crippen MR) is 125 cm³/mol. The highest BCUT2D eigenvalue weighted by molar-refractivity contribution is 6.07. The minimum Gasteiger partial charge on any atom is -0.351 e. The molecule has 8 nitrogen and oxygen atoms in total. The summed E-state index contributed by atoms with van der Waals surface area (Å²) in [6.45, 7) is 6.84. The SMILES string of the molecule is CCCN1C(=O)c2c(C(=O)NCc3ccc(C)cc3)ncn2CC1(C)C(=O)NC1CCCC1. The number of nitrogens with zero attached hydrogens (tertiary/aromatic N) is 3. The second kappa shape index (κ2) is 9.37. The third kappa shape index (κ3) is 4.51. The van der Waals surface area contributed by atoms with Crippen molar-refractivity contribution < 1.29 is 14.4 Å². The van der Waals surface area contributed by atoms with Crippen LogP contribution in [-0.4, -0.2) is 50.3 Å². The largest absolute Gasteiger partial charge is 0.351 e. The van der Waals surface area contributed by atoms with Crippen LogP contribution in [-0.2, 0) is 17.9 Å². The number of carbonyl (C=O) groups excluding carboxylic acids is 3. The van der Waals surface area contributed by atoms with E-state index in [4.69, 9.17) is 0 Å². The molecule has 1 fully saturated rings. The lowest BCUT2D eigenvalue weighted by Crippen LogP contribution is -2.65. The van der Waals surface area contributed by atoms with Crippen LogP contribution in [0.3, 0.4) is 0 Å². The molecular weight excluding hydrogens is 418 g/mol. The first-order valence-corrected chi connectivity index (χ1v) is 11.8. The number of nitrogens with one attached hydrogen (secondary N) is 2. The molecule has 1 aliphatic heterocycles. The highest BCUT2D eigenvalue weighted by Crippen LogP contribution is 2.30. The van der Waals surface area contributed by atoms with Crippen molar-refractivity contribution in [3.63, 3.8) is 0 Å². The zero-order chi connectivity index (χ0) is 23.6. The van der Waals surface area contributed by atoms with E-state index in [0.29, 0.717) is 19.5 Å². The summed E-state index contributed by atoms with van der Waals surface area (Å²) in [6, 6.07) is 8.06. The second-order valence-electron chi connectivity index (χ2n) is 9.42. The Balaban J connectivity index is 1.55. The van der Waals surface area contributed by atoms with Gasteiger partial charge in [-0.1, -0.05) is 49.6 Å². The van der Waals surface area contributed by atoms with Crippen LogP contribution in [0.4, 0.5) is 0 Å². The maximum atomic E-state index is 13.6. The first-order valence-electron chi connectivity index (χ1n) is 11.8. The molecule has 4 rings (SSSR count). The number of amides is 3. The van der Waals surface area contributed by atoms with Gasteiger partial charge in [0.15, 0.2) is 5.69 Å². The fourth-order valence-electron chi connectivity index (χ4n) is 4.81. The summed E-state index contributed by atoms with van der Waals surface area (Å²) in [5, 5.41) is 6.02. The number of hydrogen-bond acceptors (Lipinski definition) is 4. The zero-order valence-electron chi connectivity index (χ0n) is 19.7. The van der Waals surface area contributed by atoms with E-state index in [1.807, 2.05) is 45.0 Å². The van der Waals surface area contributed by atoms with Gasteiger partial charge in [-0.05, 0) is 38.7 Å². The van der Waals surface area contributed by atoms with Crippen LogP contribution in [0.5, 0.6) is 0 Å². The van der Waals surface area contributed by atoms with Crippen molar-refractivity contribution in [2.45, 2.75) is 77.5 Å². The third-order valence-corrected chi connectivity index (χ3v) is 6.77. The number of rotatable bonds is 7. The van der Waals surface area contributed by atoms with Crippen molar-refractivity contribution in [3.05, 3.63) is 53.1 Å². The first kappa shape index (κ1) is 23.0. The summed E-state index contributed by atoms with van der Waals surface area (Å²) in [5.74, 6) is -0.862. The van der Waals surface area contributed by atoms with Crippen LogP contribution in [0.2, 0.25) is 0 Å². The monoisotopic (exact) mass is 451 g/mol. The molecular formula is C25H33N5O3. The molecule has 2 aliphatic rings. The molecule has 3 amide bonds. The summed E-state index contributed by atoms with van der Waals surface area (Å²) >= 11 is 0. The van der Waals surface area contributed by atoms with Gasteiger partial charge in [0.05, 0.1) is 12.9 Å². The van der Waals surface area contributed by atoms with Gasteiger partial charge in [-0.15, -0.1) is 0 Å². The average Bonchev–Trinajstić information content (AvgIpc) is 3.46. The molecule has 8 heteroatoms. The van der Waals surface area contributed by atoms with Crippen molar-refractivity contribution in [1.29, 1.82) is 0 Å². The lowest BCUT2D eigenvalue weighted by Gasteiger charge is -2.44. The Hall–Kier alpha value is -3.16. The van der Waals surface area contributed by atoms with E-state index in [2.05, 4.69) is 15.6 Å². The summed E-state index contributed by atoms with van der Waals surface area (Å²) in [4.78, 5) is 45.7. The van der Waals surface area contributed by atoms with E-state index in [0.717, 1.165) is 36.8 Å². The Morgan fingerprint density at radius 1 is 1.18 bits per heavy atom. The van der Waals surface area contributed by atoms with Crippen LogP contribution < -0.4 is 10.6 Å². The number of benzene rings is 1. The fraction of sp³-hybridized carbons (Fsp3) is 0.520. The van der Waals surface area contributed by atoms with Crippen LogP contribution in [0, 0.1) is 6.92 Å². The minimum atomic E-state index is -1.03. The van der Waals surface area contributed by atoms with Gasteiger partial charge in [0, 0.05) is 19.1 Å². The molecule has 1 saturated carbocycles. The number of aryl methyl sites for hydroxylation is 1. The van der Waals surface area contributed by atoms with Crippen molar-refractivity contribution in [2.75, 3.05) is 6.54 Å². The molecule has 33 heavy (non-hydrogen) atoms. The Labute approximate surface area is 194 Å². The highest BCUT2D eigenvalue weighted by atomic mass is 16.2. The van der Waals surface area contributed by atoms with Gasteiger partial charge < -0.3 is 20.1 Å². The summed E-state index contributed by atoms with van der Waals surface area (Å²) < 4.78 is 1.66. The van der Waals surface area contributed by atoms with Crippen LogP contribution in [0.15, 0.2) is 30.6 Å². The van der Waals surface area contributed by atoms with Gasteiger partial charge in [0.1, 0.15) is 11.2 Å². The van der Waals surface area contributed by atoms with Gasteiger partial charge in [-0.3, -0.25) is 14.4 Å². The molecule has 0 saturated heterocycles. The smallest absolute Gasteiger partial charge is 0.273 e. The van der Waals surface area contributed by atoms with Gasteiger partial charge in [-0.2, -0.15) is 0 Å². The Morgan fingerprint density at radius 3 is 2.55 bits per heavy atom. The van der Waals surface area contributed by atoms with E-state index < -0.39 is 11.4 Å². The third-order valence-electron chi connectivity index (χ3n) is 6.77. The van der Waals surface area contributed by atoms with Crippen LogP contribution >= 0.6 is 0 Å². The average molecular weight is 452 g/mol. The second-order valence-corrected chi connectivity index (χ2v) is 9.42. The van der Waals surface area contributed by atoms with Gasteiger partial charge in [0.2, 0.25) is 5.91 Å². The first-order chi connectivity index (χ1) is 15.8. The number of imidazole rings is 1. The quantitative estimate of drug-likeness (QED) is 0.677. The lowest BCUT2D eigenvalue weighted by atomic mass is 9.93. The number of hydrogen-bond donors (Lipinski definition) is 2. The lowest BCUT2D eigenvalue weighted by molar-refractivity contribution is -0.133. The van der Waals surface area contributed by atoms with Crippen molar-refractivity contribution in [1.82, 2.24) is 25.1 Å². The van der Waals surface area contributed by atoms with Gasteiger partial charge in [-0.25, -0.2) is 4.98 Å². The van der Waals surface area contributed by atoms with Crippen LogP contribution in [0.25, 0.3) is 0 Å². The summed E-state index contributed by atoms with van der Waals surface area (Å²) in [6.07, 6.45) is 6.40. The molecule has 2 heterocycles. The van der Waals surface area contributed by atoms with E-state index in [1.165, 1.54) is 6.33 Å². The molecule has 1 atom stereocenters. The van der Waals surface area contributed by atoms with Crippen molar-refractivity contribution >= 4 is 17.7 Å². The Kier molecular flexibility index (Phi) is 6.54. The maximum absolute atomic E-state index is 13.6. The van der Waals surface area contributed by atoms with E-state index in [1.54, 1.807) is 9.47 Å². The molecule has 1 unspecified atom stereocenters. The normalized spacial score (nSPS) is 20.6. The predicted octanol–water partition coefficient (Wildman–Crippen LogP) is 2.80. The number of carbonyl (C=O) groups is 3. The Bertz CT molecular complexity index is 1040. The molecule has 2 aromatic rings. The topological polar surface area (TPSA) is 96.3 Å². The number of fused-ring (bicyclic) bond motifs is 1. The number of aromatic nitrogens is 2. The summed E-state index contributed by atoms with van der Waals surface area (Å²) in [5.41, 5.74) is 1.44. The molecule has 1 aromatic carbocycles. The van der Waals surface area contributed by atoms with E-state index in [9.17, 15) is 14.4 Å². The highest BCUT2D eigenvalue weighted by Gasteiger charge is 2.48. The van der Waals surface area contributed by atoms with Crippen LogP contribution in [0.1, 0.15) is 78.1 Å². The van der Waals surface area contributed by atoms with E-state index in [-0.39, 0.29) is 35.8 Å². The molecule has 0 spiro atoms. The Morgan fingerprint density at radius 2 is 1.88 bits per heavy atom. The molecule has 0 radical (unpaired) electrons. The zero-order valence-corrected chi connectivity index (χ0v) is 19.7.